The lowest BCUT2D eigenvalue weighted by molar-refractivity contribution is 0.509. The minimum Gasteiger partial charge on any atom is -0.350 e. The molecule has 1 heterocycles. The highest BCUT2D eigenvalue weighted by Crippen LogP contribution is 2.14. The van der Waals surface area contributed by atoms with Crippen molar-refractivity contribution in [1.82, 2.24) is 15.2 Å². The van der Waals surface area contributed by atoms with Gasteiger partial charge in [0.25, 0.3) is 0 Å². The van der Waals surface area contributed by atoms with Gasteiger partial charge in [-0.1, -0.05) is 26.0 Å². The number of aromatic nitrogens is 3. The van der Waals surface area contributed by atoms with Crippen LogP contribution in [0, 0.1) is 5.92 Å². The number of alkyl halides is 1. The minimum absolute atomic E-state index is 0.269. The smallest absolute Gasteiger partial charge is 0.243 e. The third kappa shape index (κ3) is 3.07. The van der Waals surface area contributed by atoms with Crippen LogP contribution in [0.2, 0.25) is 0 Å². The SMILES string of the molecule is CC(C)C(CCCl)Nc1nnc2ccccc2n1. The van der Waals surface area contributed by atoms with Gasteiger partial charge in [-0.05, 0) is 24.5 Å². The average Bonchev–Trinajstić information content (AvgIpc) is 2.38. The molecule has 0 spiro atoms. The summed E-state index contributed by atoms with van der Waals surface area (Å²) in [5.74, 6) is 1.66. The number of rotatable bonds is 5. The monoisotopic (exact) mass is 264 g/mol. The molecule has 0 aliphatic heterocycles. The molecule has 0 saturated carbocycles. The second-order valence-electron chi connectivity index (χ2n) is 4.60. The molecule has 0 fully saturated rings. The second-order valence-corrected chi connectivity index (χ2v) is 4.97. The van der Waals surface area contributed by atoms with E-state index in [1.807, 2.05) is 24.3 Å². The van der Waals surface area contributed by atoms with E-state index >= 15 is 0 Å². The Morgan fingerprint density at radius 2 is 1.89 bits per heavy atom. The van der Waals surface area contributed by atoms with Crippen molar-refractivity contribution in [2.24, 2.45) is 5.92 Å². The number of para-hydroxylation sites is 1. The number of halogens is 1. The van der Waals surface area contributed by atoms with Crippen molar-refractivity contribution in [3.05, 3.63) is 24.3 Å². The van der Waals surface area contributed by atoms with Gasteiger partial charge in [0.2, 0.25) is 5.95 Å². The quantitative estimate of drug-likeness (QED) is 0.843. The van der Waals surface area contributed by atoms with Crippen LogP contribution < -0.4 is 5.32 Å². The Morgan fingerprint density at radius 3 is 2.56 bits per heavy atom. The summed E-state index contributed by atoms with van der Waals surface area (Å²) < 4.78 is 0. The van der Waals surface area contributed by atoms with Crippen LogP contribution in [-0.2, 0) is 0 Å². The Kier molecular flexibility index (Phi) is 4.31. The van der Waals surface area contributed by atoms with Gasteiger partial charge in [0.15, 0.2) is 0 Å². The van der Waals surface area contributed by atoms with Gasteiger partial charge in [-0.3, -0.25) is 0 Å². The number of anilines is 1. The first-order valence-electron chi connectivity index (χ1n) is 6.12. The molecule has 1 unspecified atom stereocenters. The fourth-order valence-corrected chi connectivity index (χ4v) is 2.03. The molecular formula is C13H17ClN4. The number of nitrogens with zero attached hydrogens (tertiary/aromatic N) is 3. The minimum atomic E-state index is 0.269. The van der Waals surface area contributed by atoms with Crippen molar-refractivity contribution in [3.63, 3.8) is 0 Å². The zero-order valence-corrected chi connectivity index (χ0v) is 11.4. The third-order valence-corrected chi connectivity index (χ3v) is 3.12. The molecule has 1 aromatic heterocycles. The molecule has 2 aromatic rings. The van der Waals surface area contributed by atoms with Crippen LogP contribution in [0.4, 0.5) is 5.95 Å². The highest BCUT2D eigenvalue weighted by atomic mass is 35.5. The standard InChI is InChI=1S/C13H17ClN4/c1-9(2)10(7-8-14)15-13-16-11-5-3-4-6-12(11)17-18-13/h3-6,9-10H,7-8H2,1-2H3,(H,15,16,18). The van der Waals surface area contributed by atoms with Crippen LogP contribution >= 0.6 is 11.6 Å². The molecule has 1 aromatic carbocycles. The first-order valence-corrected chi connectivity index (χ1v) is 6.66. The molecule has 0 aliphatic rings. The maximum absolute atomic E-state index is 5.81. The van der Waals surface area contributed by atoms with E-state index < -0.39 is 0 Å². The van der Waals surface area contributed by atoms with Gasteiger partial charge < -0.3 is 5.32 Å². The van der Waals surface area contributed by atoms with E-state index in [1.165, 1.54) is 0 Å². The molecule has 1 atom stereocenters. The fourth-order valence-electron chi connectivity index (χ4n) is 1.80. The summed E-state index contributed by atoms with van der Waals surface area (Å²) >= 11 is 5.81. The summed E-state index contributed by atoms with van der Waals surface area (Å²) in [6, 6.07) is 7.97. The number of nitrogens with one attached hydrogen (secondary N) is 1. The fraction of sp³-hybridized carbons (Fsp3) is 0.462. The largest absolute Gasteiger partial charge is 0.350 e. The molecule has 18 heavy (non-hydrogen) atoms. The van der Waals surface area contributed by atoms with Gasteiger partial charge in [0.05, 0.1) is 5.52 Å². The molecule has 0 saturated heterocycles. The Morgan fingerprint density at radius 1 is 1.17 bits per heavy atom. The average molecular weight is 265 g/mol. The molecular weight excluding hydrogens is 248 g/mol. The van der Waals surface area contributed by atoms with Gasteiger partial charge in [-0.15, -0.1) is 21.8 Å². The maximum Gasteiger partial charge on any atom is 0.243 e. The van der Waals surface area contributed by atoms with E-state index in [1.54, 1.807) is 0 Å². The zero-order valence-electron chi connectivity index (χ0n) is 10.6. The van der Waals surface area contributed by atoms with Gasteiger partial charge in [-0.25, -0.2) is 4.98 Å². The van der Waals surface area contributed by atoms with Crippen LogP contribution in [0.3, 0.4) is 0 Å². The van der Waals surface area contributed by atoms with Crippen molar-refractivity contribution in [1.29, 1.82) is 0 Å². The molecule has 4 nitrogen and oxygen atoms in total. The van der Waals surface area contributed by atoms with Crippen LogP contribution in [0.15, 0.2) is 24.3 Å². The van der Waals surface area contributed by atoms with Crippen molar-refractivity contribution in [2.45, 2.75) is 26.3 Å². The number of hydrogen-bond acceptors (Lipinski definition) is 4. The van der Waals surface area contributed by atoms with E-state index in [-0.39, 0.29) is 6.04 Å². The van der Waals surface area contributed by atoms with Crippen LogP contribution in [0.1, 0.15) is 20.3 Å². The highest BCUT2D eigenvalue weighted by Gasteiger charge is 2.14. The molecule has 0 radical (unpaired) electrons. The molecule has 0 amide bonds. The van der Waals surface area contributed by atoms with Crippen molar-refractivity contribution in [3.8, 4) is 0 Å². The Bertz CT molecular complexity index is 515. The summed E-state index contributed by atoms with van der Waals surface area (Å²) in [7, 11) is 0. The van der Waals surface area contributed by atoms with E-state index in [4.69, 9.17) is 11.6 Å². The maximum atomic E-state index is 5.81. The first-order chi connectivity index (χ1) is 8.70. The third-order valence-electron chi connectivity index (χ3n) is 2.90. The zero-order chi connectivity index (χ0) is 13.0. The van der Waals surface area contributed by atoms with E-state index in [0.29, 0.717) is 17.7 Å². The van der Waals surface area contributed by atoms with E-state index in [9.17, 15) is 0 Å². The van der Waals surface area contributed by atoms with Crippen LogP contribution in [0.5, 0.6) is 0 Å². The van der Waals surface area contributed by atoms with Gasteiger partial charge in [0.1, 0.15) is 5.52 Å². The number of benzene rings is 1. The summed E-state index contributed by atoms with van der Waals surface area (Å²) in [4.78, 5) is 4.45. The van der Waals surface area contributed by atoms with Gasteiger partial charge >= 0.3 is 0 Å². The molecule has 0 bridgehead atoms. The topological polar surface area (TPSA) is 50.7 Å². The van der Waals surface area contributed by atoms with E-state index in [0.717, 1.165) is 17.5 Å². The predicted octanol–water partition coefficient (Wildman–Crippen LogP) is 3.09. The highest BCUT2D eigenvalue weighted by molar-refractivity contribution is 6.17. The predicted molar refractivity (Wildman–Crippen MR) is 74.9 cm³/mol. The van der Waals surface area contributed by atoms with Crippen molar-refractivity contribution >= 4 is 28.6 Å². The molecule has 0 aliphatic carbocycles. The molecule has 5 heteroatoms. The summed E-state index contributed by atoms with van der Waals surface area (Å²) in [6.07, 6.45) is 0.884. The Labute approximate surface area is 112 Å². The summed E-state index contributed by atoms with van der Waals surface area (Å²) in [5, 5.41) is 11.5. The first kappa shape index (κ1) is 13.0. The van der Waals surface area contributed by atoms with E-state index in [2.05, 4.69) is 34.3 Å². The van der Waals surface area contributed by atoms with Crippen molar-refractivity contribution in [2.75, 3.05) is 11.2 Å². The second kappa shape index (κ2) is 5.96. The molecule has 2 rings (SSSR count). The normalized spacial score (nSPS) is 12.9. The molecule has 1 N–H and O–H groups in total. The number of fused-ring (bicyclic) bond motifs is 1. The van der Waals surface area contributed by atoms with Gasteiger partial charge in [0, 0.05) is 11.9 Å². The van der Waals surface area contributed by atoms with Crippen molar-refractivity contribution < 1.29 is 0 Å². The lowest BCUT2D eigenvalue weighted by atomic mass is 10.0. The van der Waals surface area contributed by atoms with Crippen LogP contribution in [0.25, 0.3) is 11.0 Å². The Balaban J connectivity index is 2.20. The number of hydrogen-bond donors (Lipinski definition) is 1. The lowest BCUT2D eigenvalue weighted by Crippen LogP contribution is -2.27. The Hall–Kier alpha value is -1.42. The van der Waals surface area contributed by atoms with Gasteiger partial charge in [-0.2, -0.15) is 0 Å². The lowest BCUT2D eigenvalue weighted by Gasteiger charge is -2.21. The summed E-state index contributed by atoms with van der Waals surface area (Å²) in [5.41, 5.74) is 1.66. The summed E-state index contributed by atoms with van der Waals surface area (Å²) in [6.45, 7) is 4.30. The molecule has 96 valence electrons. The van der Waals surface area contributed by atoms with Crippen LogP contribution in [-0.4, -0.2) is 27.1 Å².